The van der Waals surface area contributed by atoms with E-state index in [2.05, 4.69) is 19.1 Å². The summed E-state index contributed by atoms with van der Waals surface area (Å²) in [5.74, 6) is 0.684. The first-order valence-corrected chi connectivity index (χ1v) is 7.05. The molecule has 0 N–H and O–H groups in total. The van der Waals surface area contributed by atoms with Gasteiger partial charge in [0.2, 0.25) is 0 Å². The first kappa shape index (κ1) is 17.6. The van der Waals surface area contributed by atoms with Gasteiger partial charge in [-0.2, -0.15) is 13.5 Å². The van der Waals surface area contributed by atoms with Gasteiger partial charge in [0.15, 0.2) is 6.71 Å². The van der Waals surface area contributed by atoms with E-state index in [4.69, 9.17) is 4.74 Å². The molecule has 0 unspecified atom stereocenters. The molecule has 0 fully saturated rings. The lowest BCUT2D eigenvalue weighted by atomic mass is 9.49. The van der Waals surface area contributed by atoms with Crippen LogP contribution in [0.1, 0.15) is 18.4 Å². The van der Waals surface area contributed by atoms with Crippen LogP contribution in [0.15, 0.2) is 48.5 Å². The van der Waals surface area contributed by atoms with Crippen LogP contribution in [0, 0.1) is 5.82 Å². The molecular weight excluding hydrogens is 282 g/mol. The van der Waals surface area contributed by atoms with Crippen LogP contribution < -0.4 is 10.2 Å². The fourth-order valence-corrected chi connectivity index (χ4v) is 2.16. The van der Waals surface area contributed by atoms with E-state index in [1.165, 1.54) is 11.6 Å². The molecule has 4 heteroatoms. The second-order valence-corrected chi connectivity index (χ2v) is 5.46. The maximum Gasteiger partial charge on any atom is 0.173 e. The van der Waals surface area contributed by atoms with E-state index in [0.717, 1.165) is 5.46 Å². The van der Waals surface area contributed by atoms with Crippen molar-refractivity contribution < 1.29 is 9.13 Å². The Kier molecular flexibility index (Phi) is 6.83. The predicted octanol–water partition coefficient (Wildman–Crippen LogP) is 4.08. The summed E-state index contributed by atoms with van der Waals surface area (Å²) >= 11 is 0. The summed E-state index contributed by atoms with van der Waals surface area (Å²) in [6.45, 7) is 6.80. The molecule has 2 aromatic carbocycles. The number of halogens is 1. The predicted molar refractivity (Wildman–Crippen MR) is 94.2 cm³/mol. The van der Waals surface area contributed by atoms with Crippen LogP contribution in [0.4, 0.5) is 4.39 Å². The van der Waals surface area contributed by atoms with Crippen LogP contribution >= 0.6 is 13.5 Å². The summed E-state index contributed by atoms with van der Waals surface area (Å²) in [7, 11) is 0. The van der Waals surface area contributed by atoms with Gasteiger partial charge in [-0.3, -0.25) is 0 Å². The van der Waals surface area contributed by atoms with Crippen molar-refractivity contribution in [3.63, 3.8) is 0 Å². The molecule has 0 saturated heterocycles. The standard InChI is InChI=1S/C17H20BFO.H2S/c1-13(14-7-5-4-6-8-14)12-20-15-9-10-16(18(2)3)17(19)11-15;/h4-11,13H,12H2,1-3H3;1H2/t13-;/m1./s1. The highest BCUT2D eigenvalue weighted by Gasteiger charge is 2.11. The fourth-order valence-electron chi connectivity index (χ4n) is 2.16. The van der Waals surface area contributed by atoms with Crippen LogP contribution in [0.2, 0.25) is 13.6 Å². The number of hydrogen-bond acceptors (Lipinski definition) is 1. The largest absolute Gasteiger partial charge is 0.493 e. The summed E-state index contributed by atoms with van der Waals surface area (Å²) in [5.41, 5.74) is 1.96. The van der Waals surface area contributed by atoms with Crippen molar-refractivity contribution in [3.8, 4) is 5.75 Å². The van der Waals surface area contributed by atoms with E-state index >= 15 is 0 Å². The molecule has 0 saturated carbocycles. The molecule has 0 aromatic heterocycles. The summed E-state index contributed by atoms with van der Waals surface area (Å²) in [6, 6.07) is 15.3. The van der Waals surface area contributed by atoms with Gasteiger partial charge in [-0.05, 0) is 17.1 Å². The van der Waals surface area contributed by atoms with Crippen molar-refractivity contribution in [2.75, 3.05) is 6.61 Å². The van der Waals surface area contributed by atoms with Gasteiger partial charge < -0.3 is 4.74 Å². The Labute approximate surface area is 134 Å². The third-order valence-corrected chi connectivity index (χ3v) is 3.46. The highest BCUT2D eigenvalue weighted by Crippen LogP contribution is 2.18. The highest BCUT2D eigenvalue weighted by atomic mass is 32.1. The Bertz CT molecular complexity index is 560. The quantitative estimate of drug-likeness (QED) is 0.756. The van der Waals surface area contributed by atoms with Crippen LogP contribution in [-0.4, -0.2) is 13.3 Å². The number of benzene rings is 2. The Balaban J connectivity index is 0.00000220. The van der Waals surface area contributed by atoms with Gasteiger partial charge in [0.25, 0.3) is 0 Å². The third-order valence-electron chi connectivity index (χ3n) is 3.46. The zero-order chi connectivity index (χ0) is 14.5. The highest BCUT2D eigenvalue weighted by molar-refractivity contribution is 7.59. The van der Waals surface area contributed by atoms with Crippen molar-refractivity contribution in [2.45, 2.75) is 26.5 Å². The molecule has 1 atom stereocenters. The molecule has 0 radical (unpaired) electrons. The Morgan fingerprint density at radius 1 is 1.10 bits per heavy atom. The van der Waals surface area contributed by atoms with Crippen molar-refractivity contribution in [1.82, 2.24) is 0 Å². The minimum atomic E-state index is -0.190. The third kappa shape index (κ3) is 4.81. The van der Waals surface area contributed by atoms with Gasteiger partial charge in [-0.1, -0.05) is 57.0 Å². The number of hydrogen-bond donors (Lipinski definition) is 0. The van der Waals surface area contributed by atoms with Gasteiger partial charge in [-0.15, -0.1) is 0 Å². The smallest absolute Gasteiger partial charge is 0.173 e. The molecular formula is C17H22BFOS. The molecule has 0 spiro atoms. The van der Waals surface area contributed by atoms with Gasteiger partial charge in [0.05, 0.1) is 6.61 Å². The van der Waals surface area contributed by atoms with Gasteiger partial charge in [0, 0.05) is 12.0 Å². The minimum absolute atomic E-state index is 0. The Hall–Kier alpha value is -1.42. The molecule has 0 aliphatic carbocycles. The second-order valence-electron chi connectivity index (χ2n) is 5.46. The van der Waals surface area contributed by atoms with Crippen LogP contribution in [0.5, 0.6) is 5.75 Å². The molecule has 112 valence electrons. The molecule has 0 aliphatic rings. The van der Waals surface area contributed by atoms with Gasteiger partial charge in [0.1, 0.15) is 11.6 Å². The summed E-state index contributed by atoms with van der Waals surface area (Å²) in [6.07, 6.45) is 0. The molecule has 21 heavy (non-hydrogen) atoms. The zero-order valence-corrected chi connectivity index (χ0v) is 13.8. The molecule has 0 heterocycles. The van der Waals surface area contributed by atoms with Gasteiger partial charge in [-0.25, -0.2) is 4.39 Å². The first-order valence-electron chi connectivity index (χ1n) is 7.05. The molecule has 0 aliphatic heterocycles. The van der Waals surface area contributed by atoms with Crippen LogP contribution in [0.3, 0.4) is 0 Å². The van der Waals surface area contributed by atoms with Crippen LogP contribution in [0.25, 0.3) is 0 Å². The van der Waals surface area contributed by atoms with E-state index in [1.807, 2.05) is 44.0 Å². The number of ether oxygens (including phenoxy) is 1. The topological polar surface area (TPSA) is 9.23 Å². The van der Waals surface area contributed by atoms with E-state index in [9.17, 15) is 4.39 Å². The molecule has 0 amide bonds. The summed E-state index contributed by atoms with van der Waals surface area (Å²) in [4.78, 5) is 0. The Morgan fingerprint density at radius 2 is 1.76 bits per heavy atom. The van der Waals surface area contributed by atoms with E-state index < -0.39 is 0 Å². The second kappa shape index (κ2) is 8.13. The molecule has 2 rings (SSSR count). The maximum absolute atomic E-state index is 13.9. The monoisotopic (exact) mass is 304 g/mol. The lowest BCUT2D eigenvalue weighted by Crippen LogP contribution is -2.26. The van der Waals surface area contributed by atoms with Gasteiger partial charge >= 0.3 is 0 Å². The number of rotatable bonds is 5. The lowest BCUT2D eigenvalue weighted by molar-refractivity contribution is 0.294. The molecule has 0 bridgehead atoms. The van der Waals surface area contributed by atoms with Crippen molar-refractivity contribution in [1.29, 1.82) is 0 Å². The zero-order valence-electron chi connectivity index (χ0n) is 12.8. The SMILES string of the molecule is CB(C)c1ccc(OC[C@@H](C)c2ccccc2)cc1F.S. The van der Waals surface area contributed by atoms with Crippen molar-refractivity contribution >= 4 is 25.7 Å². The van der Waals surface area contributed by atoms with E-state index in [1.54, 1.807) is 0 Å². The Morgan fingerprint density at radius 3 is 2.33 bits per heavy atom. The summed E-state index contributed by atoms with van der Waals surface area (Å²) < 4.78 is 19.6. The van der Waals surface area contributed by atoms with Crippen molar-refractivity contribution in [2.24, 2.45) is 0 Å². The molecule has 1 nitrogen and oxygen atoms in total. The summed E-state index contributed by atoms with van der Waals surface area (Å²) in [5, 5.41) is 0. The average molecular weight is 304 g/mol. The average Bonchev–Trinajstić information content (AvgIpc) is 2.45. The molecule has 2 aromatic rings. The lowest BCUT2D eigenvalue weighted by Gasteiger charge is -2.14. The minimum Gasteiger partial charge on any atom is -0.493 e. The fraction of sp³-hybridized carbons (Fsp3) is 0.294. The van der Waals surface area contributed by atoms with E-state index in [0.29, 0.717) is 12.4 Å². The first-order chi connectivity index (χ1) is 9.58. The maximum atomic E-state index is 13.9. The normalized spacial score (nSPS) is 11.4. The van der Waals surface area contributed by atoms with Crippen LogP contribution in [-0.2, 0) is 0 Å². The van der Waals surface area contributed by atoms with Crippen molar-refractivity contribution in [3.05, 3.63) is 59.9 Å². The van der Waals surface area contributed by atoms with E-state index in [-0.39, 0.29) is 31.9 Å².